The van der Waals surface area contributed by atoms with Crippen LogP contribution in [0.15, 0.2) is 41.3 Å². The number of benzene rings is 2. The van der Waals surface area contributed by atoms with E-state index >= 15 is 0 Å². The molecule has 0 spiro atoms. The van der Waals surface area contributed by atoms with Crippen molar-refractivity contribution in [3.8, 4) is 17.2 Å². The molecule has 0 atom stereocenters. The average molecular weight is 481 g/mol. The number of carbonyl (C=O) groups excluding carboxylic acids is 1. The molecule has 1 aliphatic heterocycles. The average Bonchev–Trinajstić information content (AvgIpc) is 2.77. The molecule has 0 saturated carbocycles. The number of nitrogens with one attached hydrogen (secondary N) is 1. The third-order valence-corrected chi connectivity index (χ3v) is 7.32. The van der Waals surface area contributed by atoms with Crippen LogP contribution in [-0.4, -0.2) is 48.2 Å². The second kappa shape index (κ2) is 9.70. The topological polar surface area (TPSA) is 94.2 Å². The first-order chi connectivity index (χ1) is 15.2. The second-order valence-electron chi connectivity index (χ2n) is 6.91. The molecule has 0 bridgehead atoms. The van der Waals surface area contributed by atoms with E-state index in [9.17, 15) is 13.2 Å². The summed E-state index contributed by atoms with van der Waals surface area (Å²) in [6.07, 6.45) is 0. The zero-order valence-electron chi connectivity index (χ0n) is 18.3. The van der Waals surface area contributed by atoms with Gasteiger partial charge < -0.3 is 19.5 Å². The fraction of sp³-hybridized carbons (Fsp3) is 0.318. The molecule has 172 valence electrons. The van der Waals surface area contributed by atoms with E-state index in [0.717, 1.165) is 0 Å². The fourth-order valence-electron chi connectivity index (χ4n) is 3.50. The number of fused-ring (bicyclic) bond motifs is 1. The largest absolute Gasteiger partial charge is 0.493 e. The van der Waals surface area contributed by atoms with Crippen LogP contribution in [0.3, 0.4) is 0 Å². The van der Waals surface area contributed by atoms with Gasteiger partial charge in [-0.15, -0.1) is 0 Å². The number of allylic oxidation sites excluding steroid dienone is 1. The Morgan fingerprint density at radius 2 is 1.72 bits per heavy atom. The molecule has 1 amide bonds. The Bertz CT molecular complexity index is 1150. The van der Waals surface area contributed by atoms with Gasteiger partial charge in [0.25, 0.3) is 15.9 Å². The van der Waals surface area contributed by atoms with Crippen LogP contribution < -0.4 is 23.8 Å². The number of rotatable bonds is 8. The molecule has 1 heterocycles. The molecule has 0 unspecified atom stereocenters. The van der Waals surface area contributed by atoms with E-state index < -0.39 is 15.9 Å². The van der Waals surface area contributed by atoms with Gasteiger partial charge in [0, 0.05) is 23.2 Å². The van der Waals surface area contributed by atoms with E-state index in [1.54, 1.807) is 50.2 Å². The lowest BCUT2D eigenvalue weighted by atomic mass is 10.0. The number of hydrogen-bond acceptors (Lipinski definition) is 6. The highest BCUT2D eigenvalue weighted by molar-refractivity contribution is 7.97. The zero-order valence-corrected chi connectivity index (χ0v) is 19.8. The summed E-state index contributed by atoms with van der Waals surface area (Å²) in [6.45, 7) is 3.74. The van der Waals surface area contributed by atoms with Gasteiger partial charge in [0.15, 0.2) is 16.4 Å². The molecular weight excluding hydrogens is 456 g/mol. The minimum absolute atomic E-state index is 0.124. The third-order valence-electron chi connectivity index (χ3n) is 5.03. The Morgan fingerprint density at radius 3 is 2.31 bits per heavy atom. The van der Waals surface area contributed by atoms with Gasteiger partial charge in [-0.3, -0.25) is 9.10 Å². The summed E-state index contributed by atoms with van der Waals surface area (Å²) in [5.41, 5.74) is 1.36. The van der Waals surface area contributed by atoms with Gasteiger partial charge in [-0.05, 0) is 49.8 Å². The summed E-state index contributed by atoms with van der Waals surface area (Å²) in [6, 6.07) is 10.1. The van der Waals surface area contributed by atoms with Crippen molar-refractivity contribution in [2.75, 3.05) is 38.2 Å². The lowest BCUT2D eigenvalue weighted by Crippen LogP contribution is -2.41. The Balaban J connectivity index is 1.86. The van der Waals surface area contributed by atoms with Crippen LogP contribution in [-0.2, 0) is 14.8 Å². The lowest BCUT2D eigenvalue weighted by Gasteiger charge is -2.32. The molecule has 0 aromatic heterocycles. The minimum atomic E-state index is -4.07. The molecule has 2 aromatic rings. The van der Waals surface area contributed by atoms with Crippen LogP contribution in [0, 0.1) is 0 Å². The maximum atomic E-state index is 13.3. The fourth-order valence-corrected chi connectivity index (χ4v) is 5.40. The molecule has 32 heavy (non-hydrogen) atoms. The van der Waals surface area contributed by atoms with Crippen LogP contribution in [0.2, 0.25) is 5.02 Å². The van der Waals surface area contributed by atoms with Crippen molar-refractivity contribution < 1.29 is 27.4 Å². The van der Waals surface area contributed by atoms with Gasteiger partial charge in [-0.1, -0.05) is 11.6 Å². The van der Waals surface area contributed by atoms with Gasteiger partial charge in [-0.25, -0.2) is 8.42 Å². The first-order valence-electron chi connectivity index (χ1n) is 9.91. The molecule has 0 saturated heterocycles. The predicted molar refractivity (Wildman–Crippen MR) is 124 cm³/mol. The van der Waals surface area contributed by atoms with Crippen molar-refractivity contribution in [1.29, 1.82) is 0 Å². The number of anilines is 1. The summed E-state index contributed by atoms with van der Waals surface area (Å²) < 4.78 is 44.0. The second-order valence-corrected chi connectivity index (χ2v) is 9.14. The van der Waals surface area contributed by atoms with E-state index in [1.165, 1.54) is 18.5 Å². The number of sulfonamides is 1. The van der Waals surface area contributed by atoms with Crippen molar-refractivity contribution >= 4 is 38.8 Å². The maximum absolute atomic E-state index is 13.3. The van der Waals surface area contributed by atoms with Crippen molar-refractivity contribution in [3.63, 3.8) is 0 Å². The smallest absolute Gasteiger partial charge is 0.270 e. The number of methoxy groups -OCH3 is 2. The van der Waals surface area contributed by atoms with E-state index in [4.69, 9.17) is 25.8 Å². The SMILES string of the molecule is CCN1c2cc(OC)c(OC)cc2C(C)=C(C(=O)NCCOc2ccc(Cl)cc2)S1(=O)=O. The predicted octanol–water partition coefficient (Wildman–Crippen LogP) is 3.45. The molecule has 1 aliphatic rings. The maximum Gasteiger partial charge on any atom is 0.270 e. The molecule has 0 aliphatic carbocycles. The number of amides is 1. The Kier molecular flexibility index (Phi) is 7.20. The number of ether oxygens (including phenoxy) is 3. The quantitative estimate of drug-likeness (QED) is 0.581. The van der Waals surface area contributed by atoms with Gasteiger partial charge >= 0.3 is 0 Å². The van der Waals surface area contributed by atoms with Crippen LogP contribution >= 0.6 is 11.6 Å². The standard InChI is InChI=1S/C22H25ClN2O6S/c1-5-25-18-13-20(30-4)19(29-3)12-17(18)14(2)21(32(25,27)28)22(26)24-10-11-31-16-8-6-15(23)7-9-16/h6-9,12-13H,5,10-11H2,1-4H3,(H,24,26). The molecular formula is C22H25ClN2O6S. The monoisotopic (exact) mass is 480 g/mol. The molecule has 10 heteroatoms. The highest BCUT2D eigenvalue weighted by atomic mass is 35.5. The molecule has 0 radical (unpaired) electrons. The number of nitrogens with zero attached hydrogens (tertiary/aromatic N) is 1. The Labute approximate surface area is 192 Å². The van der Waals surface area contributed by atoms with Gasteiger partial charge in [0.2, 0.25) is 0 Å². The van der Waals surface area contributed by atoms with Crippen LogP contribution in [0.5, 0.6) is 17.2 Å². The summed E-state index contributed by atoms with van der Waals surface area (Å²) in [7, 11) is -1.09. The van der Waals surface area contributed by atoms with Crippen molar-refractivity contribution in [2.45, 2.75) is 13.8 Å². The van der Waals surface area contributed by atoms with Crippen molar-refractivity contribution in [2.24, 2.45) is 0 Å². The Morgan fingerprint density at radius 1 is 1.09 bits per heavy atom. The van der Waals surface area contributed by atoms with Crippen LogP contribution in [0.25, 0.3) is 5.57 Å². The third kappa shape index (κ3) is 4.49. The molecule has 0 fully saturated rings. The van der Waals surface area contributed by atoms with E-state index in [1.807, 2.05) is 0 Å². The molecule has 2 aromatic carbocycles. The summed E-state index contributed by atoms with van der Waals surface area (Å²) >= 11 is 5.84. The van der Waals surface area contributed by atoms with E-state index in [2.05, 4.69) is 5.32 Å². The van der Waals surface area contributed by atoms with Gasteiger partial charge in [0.05, 0.1) is 26.5 Å². The van der Waals surface area contributed by atoms with Crippen molar-refractivity contribution in [3.05, 3.63) is 51.9 Å². The van der Waals surface area contributed by atoms with Crippen LogP contribution in [0.4, 0.5) is 5.69 Å². The molecule has 3 rings (SSSR count). The molecule has 1 N–H and O–H groups in total. The van der Waals surface area contributed by atoms with Gasteiger partial charge in [-0.2, -0.15) is 0 Å². The van der Waals surface area contributed by atoms with E-state index in [0.29, 0.717) is 39.1 Å². The normalized spacial score (nSPS) is 14.6. The van der Waals surface area contributed by atoms with Crippen molar-refractivity contribution in [1.82, 2.24) is 5.32 Å². The summed E-state index contributed by atoms with van der Waals surface area (Å²) in [5.74, 6) is 0.745. The highest BCUT2D eigenvalue weighted by Gasteiger charge is 2.39. The van der Waals surface area contributed by atoms with Crippen LogP contribution in [0.1, 0.15) is 19.4 Å². The first-order valence-corrected chi connectivity index (χ1v) is 11.7. The summed E-state index contributed by atoms with van der Waals surface area (Å²) in [4.78, 5) is 12.6. The zero-order chi connectivity index (χ0) is 23.5. The lowest BCUT2D eigenvalue weighted by molar-refractivity contribution is -0.116. The highest BCUT2D eigenvalue weighted by Crippen LogP contribution is 2.44. The minimum Gasteiger partial charge on any atom is -0.493 e. The van der Waals surface area contributed by atoms with Gasteiger partial charge in [0.1, 0.15) is 12.4 Å². The Hall–Kier alpha value is -2.91. The van der Waals surface area contributed by atoms with E-state index in [-0.39, 0.29) is 24.6 Å². The molecule has 8 nitrogen and oxygen atoms in total. The number of halogens is 1. The number of carbonyl (C=O) groups is 1. The number of hydrogen-bond donors (Lipinski definition) is 1. The summed E-state index contributed by atoms with van der Waals surface area (Å²) in [5, 5.41) is 3.23. The first kappa shape index (κ1) is 23.7.